The quantitative estimate of drug-likeness (QED) is 0.306. The molecule has 0 aliphatic heterocycles. The van der Waals surface area contributed by atoms with Crippen molar-refractivity contribution in [1.29, 1.82) is 0 Å². The summed E-state index contributed by atoms with van der Waals surface area (Å²) in [5.74, 6) is -0.935. The molecule has 0 radical (unpaired) electrons. The first-order chi connectivity index (χ1) is 4.37. The largest absolute Gasteiger partial charge is 0.478 e. The number of carboxylic acid groups (broad SMARTS) is 1. The van der Waals surface area contributed by atoms with Crippen molar-refractivity contribution in [3.05, 3.63) is 12.2 Å². The van der Waals surface area contributed by atoms with Crippen molar-refractivity contribution in [3.8, 4) is 0 Å². The fourth-order valence-electron chi connectivity index (χ4n) is 0. The van der Waals surface area contributed by atoms with Gasteiger partial charge in [-0.15, -0.1) is 12.6 Å². The van der Waals surface area contributed by atoms with Gasteiger partial charge in [0.2, 0.25) is 0 Å². The van der Waals surface area contributed by atoms with Crippen molar-refractivity contribution >= 4 is 18.6 Å². The predicted octanol–water partition coefficient (Wildman–Crippen LogP) is 0.902. The topological polar surface area (TPSA) is 57.5 Å². The van der Waals surface area contributed by atoms with Crippen molar-refractivity contribution in [2.45, 2.75) is 19.3 Å². The van der Waals surface area contributed by atoms with Crippen LogP contribution in [0.25, 0.3) is 0 Å². The molecule has 2 N–H and O–H groups in total. The highest BCUT2D eigenvalue weighted by Crippen LogP contribution is 1.81. The van der Waals surface area contributed by atoms with Gasteiger partial charge in [0.15, 0.2) is 0 Å². The van der Waals surface area contributed by atoms with Gasteiger partial charge in [-0.2, -0.15) is 0 Å². The van der Waals surface area contributed by atoms with Gasteiger partial charge in [-0.1, -0.05) is 6.58 Å². The third-order valence-corrected chi connectivity index (χ3v) is 0.365. The summed E-state index contributed by atoms with van der Waals surface area (Å²) in [6.45, 7) is 6.19. The van der Waals surface area contributed by atoms with Crippen LogP contribution in [0.2, 0.25) is 0 Å². The van der Waals surface area contributed by atoms with Gasteiger partial charge >= 0.3 is 5.97 Å². The summed E-state index contributed by atoms with van der Waals surface area (Å²) >= 11 is 3.52. The Morgan fingerprint density at radius 3 is 1.80 bits per heavy atom. The highest BCUT2D eigenvalue weighted by molar-refractivity contribution is 7.80. The zero-order valence-electron chi connectivity index (χ0n) is 6.03. The van der Waals surface area contributed by atoms with E-state index in [4.69, 9.17) is 10.2 Å². The zero-order valence-corrected chi connectivity index (χ0v) is 6.93. The van der Waals surface area contributed by atoms with E-state index in [-0.39, 0.29) is 5.57 Å². The SMILES string of the molecule is C=C(C)C(=O)O.CC(O)S. The molecule has 0 rings (SSSR count). The second-order valence-electron chi connectivity index (χ2n) is 1.72. The van der Waals surface area contributed by atoms with Gasteiger partial charge in [0.25, 0.3) is 0 Å². The van der Waals surface area contributed by atoms with E-state index in [0.29, 0.717) is 0 Å². The molecular weight excluding hydrogens is 152 g/mol. The third-order valence-electron chi connectivity index (χ3n) is 0.365. The van der Waals surface area contributed by atoms with E-state index in [2.05, 4.69) is 19.2 Å². The van der Waals surface area contributed by atoms with Crippen molar-refractivity contribution in [1.82, 2.24) is 0 Å². The van der Waals surface area contributed by atoms with Gasteiger partial charge in [0.05, 0.1) is 5.44 Å². The highest BCUT2D eigenvalue weighted by atomic mass is 32.1. The molecule has 0 fully saturated rings. The number of thiol groups is 1. The van der Waals surface area contributed by atoms with E-state index in [0.717, 1.165) is 0 Å². The third kappa shape index (κ3) is 25.8. The molecule has 0 aliphatic carbocycles. The molecule has 0 spiro atoms. The Morgan fingerprint density at radius 2 is 1.80 bits per heavy atom. The minimum absolute atomic E-state index is 0.176. The summed E-state index contributed by atoms with van der Waals surface area (Å²) in [5, 5.41) is 15.8. The first-order valence-electron chi connectivity index (χ1n) is 2.63. The standard InChI is InChI=1S/C4H6O2.C2H6OS/c1-3(2)4(5)6;1-2(3)4/h1H2,2H3,(H,5,6);2-4H,1H3. The van der Waals surface area contributed by atoms with E-state index >= 15 is 0 Å². The summed E-state index contributed by atoms with van der Waals surface area (Å²) in [5.41, 5.74) is -0.296. The number of carboxylic acids is 1. The molecule has 0 aromatic heterocycles. The fourth-order valence-corrected chi connectivity index (χ4v) is 0. The summed E-state index contributed by atoms with van der Waals surface area (Å²) < 4.78 is 0. The molecule has 1 unspecified atom stereocenters. The predicted molar refractivity (Wildman–Crippen MR) is 43.1 cm³/mol. The molecule has 0 aromatic rings. The van der Waals surface area contributed by atoms with Crippen LogP contribution in [0.5, 0.6) is 0 Å². The number of hydrogen-bond donors (Lipinski definition) is 3. The summed E-state index contributed by atoms with van der Waals surface area (Å²) in [6, 6.07) is 0. The van der Waals surface area contributed by atoms with Crippen LogP contribution in [0.4, 0.5) is 0 Å². The average Bonchev–Trinajstić information content (AvgIpc) is 1.63. The molecule has 0 saturated carbocycles. The first kappa shape index (κ1) is 12.2. The molecule has 0 amide bonds. The van der Waals surface area contributed by atoms with Crippen LogP contribution in [0.15, 0.2) is 12.2 Å². The molecule has 1 atom stereocenters. The molecule has 0 bridgehead atoms. The van der Waals surface area contributed by atoms with Gasteiger partial charge in [0.1, 0.15) is 0 Å². The molecule has 0 aromatic carbocycles. The van der Waals surface area contributed by atoms with Gasteiger partial charge in [-0.25, -0.2) is 4.79 Å². The Labute approximate surface area is 65.8 Å². The summed E-state index contributed by atoms with van der Waals surface area (Å²) in [6.07, 6.45) is 0. The lowest BCUT2D eigenvalue weighted by molar-refractivity contribution is -0.132. The van der Waals surface area contributed by atoms with E-state index in [1.807, 2.05) is 0 Å². The molecule has 0 saturated heterocycles. The lowest BCUT2D eigenvalue weighted by Gasteiger charge is -1.79. The van der Waals surface area contributed by atoms with Gasteiger partial charge in [-0.3, -0.25) is 0 Å². The smallest absolute Gasteiger partial charge is 0.330 e. The van der Waals surface area contributed by atoms with Crippen molar-refractivity contribution in [2.75, 3.05) is 0 Å². The second-order valence-corrected chi connectivity index (χ2v) is 2.46. The zero-order chi connectivity index (χ0) is 8.73. The molecule has 0 heterocycles. The number of aliphatic carboxylic acids is 1. The maximum absolute atomic E-state index is 9.60. The first-order valence-corrected chi connectivity index (χ1v) is 3.14. The second kappa shape index (κ2) is 6.64. The maximum Gasteiger partial charge on any atom is 0.330 e. The molecule has 60 valence electrons. The Morgan fingerprint density at radius 1 is 1.70 bits per heavy atom. The number of rotatable bonds is 1. The number of carbonyl (C=O) groups is 1. The van der Waals surface area contributed by atoms with Crippen molar-refractivity contribution in [3.63, 3.8) is 0 Å². The van der Waals surface area contributed by atoms with Gasteiger partial charge in [-0.05, 0) is 13.8 Å². The molecule has 0 aliphatic rings. The van der Waals surface area contributed by atoms with Crippen molar-refractivity contribution < 1.29 is 15.0 Å². The van der Waals surface area contributed by atoms with Crippen molar-refractivity contribution in [2.24, 2.45) is 0 Å². The number of hydrogen-bond acceptors (Lipinski definition) is 3. The van der Waals surface area contributed by atoms with Crippen LogP contribution < -0.4 is 0 Å². The van der Waals surface area contributed by atoms with E-state index in [1.165, 1.54) is 6.92 Å². The number of aliphatic hydroxyl groups excluding tert-OH is 1. The van der Waals surface area contributed by atoms with Gasteiger partial charge in [0, 0.05) is 5.57 Å². The minimum atomic E-state index is -0.935. The van der Waals surface area contributed by atoms with E-state index < -0.39 is 11.4 Å². The Hall–Kier alpha value is -0.480. The van der Waals surface area contributed by atoms with Crippen LogP contribution in [0.3, 0.4) is 0 Å². The molecule has 10 heavy (non-hydrogen) atoms. The maximum atomic E-state index is 9.60. The lowest BCUT2D eigenvalue weighted by atomic mass is 10.4. The molecular formula is C6H12O3S. The fraction of sp³-hybridized carbons (Fsp3) is 0.500. The summed E-state index contributed by atoms with van der Waals surface area (Å²) in [7, 11) is 0. The normalized spacial score (nSPS) is 10.8. The Bertz CT molecular complexity index is 105. The number of aliphatic hydroxyl groups is 1. The molecule has 4 heteroatoms. The lowest BCUT2D eigenvalue weighted by Crippen LogP contribution is -1.92. The van der Waals surface area contributed by atoms with Crippen LogP contribution in [-0.2, 0) is 4.79 Å². The van der Waals surface area contributed by atoms with Crippen LogP contribution in [0, 0.1) is 0 Å². The van der Waals surface area contributed by atoms with Crippen LogP contribution >= 0.6 is 12.6 Å². The summed E-state index contributed by atoms with van der Waals surface area (Å²) in [4.78, 5) is 9.60. The highest BCUT2D eigenvalue weighted by Gasteiger charge is 1.90. The van der Waals surface area contributed by atoms with Crippen LogP contribution in [0.1, 0.15) is 13.8 Å². The Kier molecular flexibility index (Phi) is 8.11. The van der Waals surface area contributed by atoms with Gasteiger partial charge < -0.3 is 10.2 Å². The van der Waals surface area contributed by atoms with Crippen LogP contribution in [-0.4, -0.2) is 21.6 Å². The average molecular weight is 164 g/mol. The minimum Gasteiger partial charge on any atom is -0.478 e. The molecule has 3 nitrogen and oxygen atoms in total. The van der Waals surface area contributed by atoms with E-state index in [1.54, 1.807) is 6.92 Å². The Balaban J connectivity index is 0. The van der Waals surface area contributed by atoms with E-state index in [9.17, 15) is 4.79 Å². The monoisotopic (exact) mass is 164 g/mol.